The van der Waals surface area contributed by atoms with E-state index in [1.807, 2.05) is 70.8 Å². The van der Waals surface area contributed by atoms with E-state index in [9.17, 15) is 19.6 Å². The van der Waals surface area contributed by atoms with Crippen LogP contribution in [0.15, 0.2) is 53.0 Å². The number of hydrogen-bond donors (Lipinski definition) is 0. The zero-order valence-electron chi connectivity index (χ0n) is 32.6. The number of fused-ring (bicyclic) bond motifs is 1. The fourth-order valence-electron chi connectivity index (χ4n) is 7.77. The molecule has 0 radical (unpaired) electrons. The summed E-state index contributed by atoms with van der Waals surface area (Å²) in [5, 5.41) is 9.78. The molecular weight excluding hydrogens is 654 g/mol. The molecule has 1 saturated heterocycles. The van der Waals surface area contributed by atoms with Gasteiger partial charge in [-0.1, -0.05) is 45.0 Å². The van der Waals surface area contributed by atoms with Gasteiger partial charge in [-0.3, -0.25) is 19.3 Å². The van der Waals surface area contributed by atoms with Gasteiger partial charge in [0.05, 0.1) is 37.9 Å². The van der Waals surface area contributed by atoms with Crippen LogP contribution in [0.2, 0.25) is 0 Å². The van der Waals surface area contributed by atoms with Gasteiger partial charge in [-0.25, -0.2) is 0 Å². The molecule has 2 aliphatic heterocycles. The summed E-state index contributed by atoms with van der Waals surface area (Å²) < 4.78 is 13.4. The van der Waals surface area contributed by atoms with Crippen molar-refractivity contribution in [2.75, 3.05) is 33.9 Å². The highest BCUT2D eigenvalue weighted by Gasteiger charge is 2.40. The SMILES string of the molecule is COc1cc(-c2cn(C)c(=O)c(C)c2C)cc(OC)c1CN1CC(=O)N(Cc2cccc3c2CCN(C(=O)/C(C#N)=C/C(C)(C)C)C3C)C(C)(C)C1. The largest absolute Gasteiger partial charge is 0.496 e. The molecule has 0 saturated carbocycles. The van der Waals surface area contributed by atoms with Crippen LogP contribution >= 0.6 is 0 Å². The average Bonchev–Trinajstić information content (AvgIpc) is 3.09. The molecule has 52 heavy (non-hydrogen) atoms. The van der Waals surface area contributed by atoms with Gasteiger partial charge in [0.1, 0.15) is 23.1 Å². The Balaban J connectivity index is 1.37. The third kappa shape index (κ3) is 7.51. The van der Waals surface area contributed by atoms with E-state index in [2.05, 4.69) is 36.9 Å². The zero-order valence-corrected chi connectivity index (χ0v) is 32.6. The average molecular weight is 708 g/mol. The van der Waals surface area contributed by atoms with Gasteiger partial charge in [0, 0.05) is 50.6 Å². The number of allylic oxidation sites excluding steroid dienone is 1. The Labute approximate surface area is 308 Å². The molecule has 1 atom stereocenters. The second-order valence-electron chi connectivity index (χ2n) is 16.0. The van der Waals surface area contributed by atoms with Crippen molar-refractivity contribution >= 4 is 11.8 Å². The molecule has 10 heteroatoms. The number of rotatable bonds is 8. The lowest BCUT2D eigenvalue weighted by molar-refractivity contribution is -0.146. The number of nitriles is 1. The molecule has 0 spiro atoms. The van der Waals surface area contributed by atoms with Crippen molar-refractivity contribution in [3.05, 3.63) is 91.9 Å². The minimum Gasteiger partial charge on any atom is -0.496 e. The third-order valence-electron chi connectivity index (χ3n) is 10.6. The molecule has 2 amide bonds. The van der Waals surface area contributed by atoms with E-state index in [-0.39, 0.29) is 40.9 Å². The summed E-state index contributed by atoms with van der Waals surface area (Å²) >= 11 is 0. The fourth-order valence-corrected chi connectivity index (χ4v) is 7.77. The van der Waals surface area contributed by atoms with Crippen molar-refractivity contribution in [2.24, 2.45) is 12.5 Å². The Kier molecular flexibility index (Phi) is 10.8. The van der Waals surface area contributed by atoms with Crippen molar-refractivity contribution in [2.45, 2.75) is 86.5 Å². The summed E-state index contributed by atoms with van der Waals surface area (Å²) in [6, 6.07) is 12.0. The number of hydrogen-bond acceptors (Lipinski definition) is 7. The van der Waals surface area contributed by atoms with Gasteiger partial charge in [0.2, 0.25) is 5.91 Å². The van der Waals surface area contributed by atoms with E-state index < -0.39 is 5.54 Å². The third-order valence-corrected chi connectivity index (χ3v) is 10.6. The van der Waals surface area contributed by atoms with Crippen LogP contribution in [0.25, 0.3) is 11.1 Å². The molecule has 3 aromatic rings. The Morgan fingerprint density at radius 2 is 1.71 bits per heavy atom. The number of aryl methyl sites for hydroxylation is 1. The molecule has 10 nitrogen and oxygen atoms in total. The first kappa shape index (κ1) is 38.4. The smallest absolute Gasteiger partial charge is 0.264 e. The molecule has 2 aromatic carbocycles. The first-order valence-electron chi connectivity index (χ1n) is 17.9. The summed E-state index contributed by atoms with van der Waals surface area (Å²) in [5.74, 6) is 1.10. The van der Waals surface area contributed by atoms with Crippen LogP contribution in [-0.4, -0.2) is 70.5 Å². The molecule has 2 aliphatic rings. The molecule has 5 rings (SSSR count). The van der Waals surface area contributed by atoms with Crippen molar-refractivity contribution in [1.82, 2.24) is 19.3 Å². The monoisotopic (exact) mass is 707 g/mol. The Hall–Kier alpha value is -4.88. The topological polar surface area (TPSA) is 108 Å². The number of aromatic nitrogens is 1. The van der Waals surface area contributed by atoms with E-state index in [0.29, 0.717) is 49.7 Å². The van der Waals surface area contributed by atoms with Gasteiger partial charge in [-0.05, 0) is 86.4 Å². The van der Waals surface area contributed by atoms with Gasteiger partial charge >= 0.3 is 0 Å². The summed E-state index contributed by atoms with van der Waals surface area (Å²) in [5.41, 5.74) is 6.95. The maximum Gasteiger partial charge on any atom is 0.264 e. The standard InChI is InChI=1S/C42H53N5O5/c1-26-27(2)39(49)44(9)22-34(26)30-17-36(51-10)35(37(18-30)52-11)23-45-24-38(48)47(42(7,8)25-45)21-29-13-12-14-32-28(3)46(16-15-33(29)32)40(50)31(20-43)19-41(4,5)6/h12-14,17-19,22,28H,15-16,21,23-25H2,1-11H3/b31-19+. The predicted molar refractivity (Wildman–Crippen MR) is 203 cm³/mol. The summed E-state index contributed by atoms with van der Waals surface area (Å²) in [4.78, 5) is 45.9. The number of carbonyl (C=O) groups is 2. The maximum atomic E-state index is 14.0. The van der Waals surface area contributed by atoms with Gasteiger partial charge < -0.3 is 23.8 Å². The number of piperazine rings is 1. The number of methoxy groups -OCH3 is 2. The lowest BCUT2D eigenvalue weighted by Gasteiger charge is -2.47. The highest BCUT2D eigenvalue weighted by molar-refractivity contribution is 5.97. The fraction of sp³-hybridized carbons (Fsp3) is 0.476. The van der Waals surface area contributed by atoms with Gasteiger partial charge in [0.15, 0.2) is 0 Å². The van der Waals surface area contributed by atoms with Gasteiger partial charge in [0.25, 0.3) is 11.5 Å². The van der Waals surface area contributed by atoms with Crippen molar-refractivity contribution in [3.63, 3.8) is 0 Å². The maximum absolute atomic E-state index is 14.0. The second kappa shape index (κ2) is 14.6. The van der Waals surface area contributed by atoms with E-state index in [0.717, 1.165) is 33.4 Å². The molecule has 1 aromatic heterocycles. The summed E-state index contributed by atoms with van der Waals surface area (Å²) in [7, 11) is 5.02. The van der Waals surface area contributed by atoms with Crippen LogP contribution in [-0.2, 0) is 36.1 Å². The van der Waals surface area contributed by atoms with Crippen LogP contribution in [0.3, 0.4) is 0 Å². The van der Waals surface area contributed by atoms with Crippen LogP contribution < -0.4 is 15.0 Å². The van der Waals surface area contributed by atoms with E-state index in [1.54, 1.807) is 36.8 Å². The molecule has 276 valence electrons. The first-order valence-corrected chi connectivity index (χ1v) is 17.9. The lowest BCUT2D eigenvalue weighted by atomic mass is 9.87. The van der Waals surface area contributed by atoms with Crippen LogP contribution in [0, 0.1) is 30.6 Å². The minimum absolute atomic E-state index is 0.0251. The van der Waals surface area contributed by atoms with Crippen molar-refractivity contribution in [1.29, 1.82) is 5.26 Å². The van der Waals surface area contributed by atoms with Crippen LogP contribution in [0.4, 0.5) is 0 Å². The van der Waals surface area contributed by atoms with E-state index in [1.165, 1.54) is 5.56 Å². The molecule has 0 N–H and O–H groups in total. The highest BCUT2D eigenvalue weighted by Crippen LogP contribution is 2.39. The molecule has 1 unspecified atom stereocenters. The first-order chi connectivity index (χ1) is 24.4. The second-order valence-corrected chi connectivity index (χ2v) is 16.0. The molecule has 0 aliphatic carbocycles. The minimum atomic E-state index is -0.482. The predicted octanol–water partition coefficient (Wildman–Crippen LogP) is 6.25. The zero-order chi connectivity index (χ0) is 38.3. The number of ether oxygens (including phenoxy) is 2. The number of nitrogens with zero attached hydrogens (tertiary/aromatic N) is 5. The Morgan fingerprint density at radius 1 is 1.06 bits per heavy atom. The molecular formula is C42H53N5O5. The number of benzene rings is 2. The van der Waals surface area contributed by atoms with Crippen LogP contribution in [0.5, 0.6) is 11.5 Å². The normalized spacial score (nSPS) is 17.8. The number of carbonyl (C=O) groups excluding carboxylic acids is 2. The number of amides is 2. The van der Waals surface area contributed by atoms with Gasteiger partial charge in [-0.2, -0.15) is 5.26 Å². The van der Waals surface area contributed by atoms with Gasteiger partial charge in [-0.15, -0.1) is 0 Å². The molecule has 3 heterocycles. The highest BCUT2D eigenvalue weighted by atomic mass is 16.5. The van der Waals surface area contributed by atoms with E-state index in [4.69, 9.17) is 9.47 Å². The summed E-state index contributed by atoms with van der Waals surface area (Å²) in [6.07, 6.45) is 4.24. The Bertz CT molecular complexity index is 2000. The summed E-state index contributed by atoms with van der Waals surface area (Å²) in [6.45, 7) is 18.2. The quantitative estimate of drug-likeness (QED) is 0.201. The van der Waals surface area contributed by atoms with Crippen LogP contribution in [0.1, 0.15) is 81.0 Å². The van der Waals surface area contributed by atoms with Crippen molar-refractivity contribution < 1.29 is 19.1 Å². The lowest BCUT2D eigenvalue weighted by Crippen LogP contribution is -2.61. The molecule has 1 fully saturated rings. The van der Waals surface area contributed by atoms with E-state index >= 15 is 0 Å². The number of pyridine rings is 1. The molecule has 0 bridgehead atoms. The van der Waals surface area contributed by atoms with Crippen molar-refractivity contribution in [3.8, 4) is 28.7 Å². The Morgan fingerprint density at radius 3 is 2.29 bits per heavy atom.